The van der Waals surface area contributed by atoms with Crippen molar-refractivity contribution in [3.05, 3.63) is 28.2 Å². The normalized spacial score (nSPS) is 18.3. The van der Waals surface area contributed by atoms with Gasteiger partial charge in [-0.2, -0.15) is 5.10 Å². The zero-order chi connectivity index (χ0) is 17.2. The zero-order valence-electron chi connectivity index (χ0n) is 14.7. The number of aryl methyl sites for hydroxylation is 1. The highest BCUT2D eigenvalue weighted by Gasteiger charge is 2.21. The third-order valence-electron chi connectivity index (χ3n) is 4.10. The summed E-state index contributed by atoms with van der Waals surface area (Å²) in [5.74, 6) is 1.87. The highest BCUT2D eigenvalue weighted by atomic mass is 32.1. The Balaban J connectivity index is 1.53. The van der Waals surface area contributed by atoms with Crippen LogP contribution in [0.4, 0.5) is 0 Å². The molecule has 8 heteroatoms. The first-order valence-corrected chi connectivity index (χ1v) is 9.12. The Hall–Kier alpha value is -1.96. The molecule has 2 aromatic heterocycles. The average Bonchev–Trinajstić information content (AvgIpc) is 3.19. The van der Waals surface area contributed by atoms with Crippen molar-refractivity contribution in [3.8, 4) is 0 Å². The molecule has 24 heavy (non-hydrogen) atoms. The van der Waals surface area contributed by atoms with Gasteiger partial charge in [0.25, 0.3) is 0 Å². The number of fused-ring (bicyclic) bond motifs is 1. The van der Waals surface area contributed by atoms with Crippen LogP contribution in [0.5, 0.6) is 0 Å². The molecule has 0 aromatic carbocycles. The smallest absolute Gasteiger partial charge is 0.191 e. The molecule has 0 bridgehead atoms. The minimum Gasteiger partial charge on any atom is -0.352 e. The number of aliphatic imine (C=N–C) groups is 1. The quantitative estimate of drug-likeness (QED) is 0.653. The van der Waals surface area contributed by atoms with Crippen LogP contribution in [0.3, 0.4) is 0 Å². The van der Waals surface area contributed by atoms with Crippen LogP contribution in [-0.4, -0.2) is 38.8 Å². The van der Waals surface area contributed by atoms with Crippen molar-refractivity contribution in [2.24, 2.45) is 4.99 Å². The van der Waals surface area contributed by atoms with Gasteiger partial charge in [-0.3, -0.25) is 4.99 Å². The number of nitrogens with zero attached hydrogens (tertiary/aromatic N) is 5. The molecule has 130 valence electrons. The molecule has 7 nitrogen and oxygen atoms in total. The van der Waals surface area contributed by atoms with Crippen LogP contribution in [-0.2, 0) is 24.9 Å². The fourth-order valence-corrected chi connectivity index (χ4v) is 3.60. The Morgan fingerprint density at radius 3 is 3.00 bits per heavy atom. The summed E-state index contributed by atoms with van der Waals surface area (Å²) >= 11 is 1.69. The second-order valence-electron chi connectivity index (χ2n) is 7.04. The van der Waals surface area contributed by atoms with E-state index in [2.05, 4.69) is 51.9 Å². The van der Waals surface area contributed by atoms with Gasteiger partial charge >= 0.3 is 0 Å². The summed E-state index contributed by atoms with van der Waals surface area (Å²) in [6.45, 7) is 8.05. The lowest BCUT2D eigenvalue weighted by Gasteiger charge is -2.25. The van der Waals surface area contributed by atoms with Gasteiger partial charge in [0.2, 0.25) is 0 Å². The molecule has 0 spiro atoms. The average molecular weight is 347 g/mol. The van der Waals surface area contributed by atoms with Crippen molar-refractivity contribution in [1.29, 1.82) is 0 Å². The number of nitrogens with one attached hydrogen (secondary N) is 2. The standard InChI is InChI=1S/C16H25N7S/c1-16(2,3)12-9-24-14(22-12)7-18-15(17-4)21-11-5-6-13-19-10-20-23(13)8-11/h9-11H,5-8H2,1-4H3,(H2,17,18,21). The van der Waals surface area contributed by atoms with E-state index in [1.165, 1.54) is 0 Å². The zero-order valence-corrected chi connectivity index (χ0v) is 15.5. The van der Waals surface area contributed by atoms with Crippen molar-refractivity contribution < 1.29 is 0 Å². The molecule has 0 aliphatic carbocycles. The van der Waals surface area contributed by atoms with Crippen LogP contribution >= 0.6 is 11.3 Å². The van der Waals surface area contributed by atoms with Gasteiger partial charge < -0.3 is 10.6 Å². The third-order valence-corrected chi connectivity index (χ3v) is 4.95. The molecule has 1 aliphatic rings. The molecule has 3 heterocycles. The fourth-order valence-electron chi connectivity index (χ4n) is 2.64. The molecule has 3 rings (SSSR count). The maximum absolute atomic E-state index is 4.71. The second kappa shape index (κ2) is 6.88. The predicted molar refractivity (Wildman–Crippen MR) is 96.3 cm³/mol. The van der Waals surface area contributed by atoms with Gasteiger partial charge in [0.1, 0.15) is 17.2 Å². The van der Waals surface area contributed by atoms with Crippen molar-refractivity contribution in [2.75, 3.05) is 7.05 Å². The van der Waals surface area contributed by atoms with Crippen LogP contribution in [0.15, 0.2) is 16.7 Å². The Kier molecular flexibility index (Phi) is 4.84. The van der Waals surface area contributed by atoms with Gasteiger partial charge in [-0.1, -0.05) is 20.8 Å². The van der Waals surface area contributed by atoms with Crippen molar-refractivity contribution in [3.63, 3.8) is 0 Å². The highest BCUT2D eigenvalue weighted by Crippen LogP contribution is 2.23. The Morgan fingerprint density at radius 1 is 1.46 bits per heavy atom. The molecule has 2 aromatic rings. The molecule has 0 fully saturated rings. The van der Waals surface area contributed by atoms with Gasteiger partial charge in [0.15, 0.2) is 5.96 Å². The first-order valence-electron chi connectivity index (χ1n) is 8.24. The predicted octanol–water partition coefficient (Wildman–Crippen LogP) is 1.71. The summed E-state index contributed by atoms with van der Waals surface area (Å²) in [6.07, 6.45) is 3.60. The van der Waals surface area contributed by atoms with Crippen LogP contribution in [0.25, 0.3) is 0 Å². The largest absolute Gasteiger partial charge is 0.352 e. The lowest BCUT2D eigenvalue weighted by Crippen LogP contribution is -2.46. The minimum atomic E-state index is 0.0896. The summed E-state index contributed by atoms with van der Waals surface area (Å²) in [5, 5.41) is 14.3. The van der Waals surface area contributed by atoms with Crippen molar-refractivity contribution in [2.45, 2.75) is 58.2 Å². The number of guanidine groups is 1. The van der Waals surface area contributed by atoms with Crippen LogP contribution in [0, 0.1) is 0 Å². The second-order valence-corrected chi connectivity index (χ2v) is 7.98. The third kappa shape index (κ3) is 3.92. The molecule has 0 saturated heterocycles. The Bertz CT molecular complexity index is 710. The van der Waals surface area contributed by atoms with Crippen LogP contribution in [0.2, 0.25) is 0 Å². The Morgan fingerprint density at radius 2 is 2.29 bits per heavy atom. The first kappa shape index (κ1) is 16.9. The highest BCUT2D eigenvalue weighted by molar-refractivity contribution is 7.09. The summed E-state index contributed by atoms with van der Waals surface area (Å²) in [7, 11) is 1.79. The van der Waals surface area contributed by atoms with Crippen LogP contribution < -0.4 is 10.6 Å². The Labute approximate surface area is 146 Å². The van der Waals surface area contributed by atoms with E-state index >= 15 is 0 Å². The van der Waals surface area contributed by atoms with Gasteiger partial charge in [-0.15, -0.1) is 11.3 Å². The van der Waals surface area contributed by atoms with E-state index in [4.69, 9.17) is 4.98 Å². The van der Waals surface area contributed by atoms with Crippen LogP contribution in [0.1, 0.15) is 43.7 Å². The van der Waals surface area contributed by atoms with E-state index in [1.807, 2.05) is 4.68 Å². The van der Waals surface area contributed by atoms with E-state index in [-0.39, 0.29) is 5.41 Å². The molecule has 0 saturated carbocycles. The SMILES string of the molecule is CN=C(NCc1nc(C(C)(C)C)cs1)NC1CCc2ncnn2C1. The molecule has 2 N–H and O–H groups in total. The molecule has 0 radical (unpaired) electrons. The molecule has 0 amide bonds. The van der Waals surface area contributed by atoms with E-state index in [0.717, 1.165) is 41.9 Å². The molecule has 1 atom stereocenters. The summed E-state index contributed by atoms with van der Waals surface area (Å²) in [5.41, 5.74) is 1.23. The van der Waals surface area contributed by atoms with Gasteiger partial charge in [0, 0.05) is 30.3 Å². The maximum Gasteiger partial charge on any atom is 0.191 e. The molecule has 1 aliphatic heterocycles. The van der Waals surface area contributed by atoms with Gasteiger partial charge in [0.05, 0.1) is 18.8 Å². The summed E-state index contributed by atoms with van der Waals surface area (Å²) in [6, 6.07) is 0.312. The fraction of sp³-hybridized carbons (Fsp3) is 0.625. The number of aromatic nitrogens is 4. The lowest BCUT2D eigenvalue weighted by atomic mass is 9.93. The molecular formula is C16H25N7S. The molecule has 1 unspecified atom stereocenters. The number of hydrogen-bond donors (Lipinski definition) is 2. The topological polar surface area (TPSA) is 80.0 Å². The van der Waals surface area contributed by atoms with E-state index in [0.29, 0.717) is 12.6 Å². The lowest BCUT2D eigenvalue weighted by molar-refractivity contribution is 0.392. The maximum atomic E-state index is 4.71. The van der Waals surface area contributed by atoms with Crippen molar-refractivity contribution >= 4 is 17.3 Å². The van der Waals surface area contributed by atoms with E-state index in [9.17, 15) is 0 Å². The summed E-state index contributed by atoms with van der Waals surface area (Å²) in [4.78, 5) is 13.3. The first-order chi connectivity index (χ1) is 11.5. The molecular weight excluding hydrogens is 322 g/mol. The van der Waals surface area contributed by atoms with Gasteiger partial charge in [-0.25, -0.2) is 14.6 Å². The van der Waals surface area contributed by atoms with Gasteiger partial charge in [-0.05, 0) is 6.42 Å². The number of rotatable bonds is 3. The monoisotopic (exact) mass is 347 g/mol. The summed E-state index contributed by atoms with van der Waals surface area (Å²) < 4.78 is 1.96. The number of hydrogen-bond acceptors (Lipinski definition) is 5. The number of thiazole rings is 1. The minimum absolute atomic E-state index is 0.0896. The van der Waals surface area contributed by atoms with E-state index < -0.39 is 0 Å². The van der Waals surface area contributed by atoms with E-state index in [1.54, 1.807) is 24.7 Å². The van der Waals surface area contributed by atoms with Crippen molar-refractivity contribution in [1.82, 2.24) is 30.4 Å².